The predicted octanol–water partition coefficient (Wildman–Crippen LogP) is 4.56. The molecule has 4 aromatic rings. The molecule has 0 unspecified atom stereocenters. The summed E-state index contributed by atoms with van der Waals surface area (Å²) in [6.45, 7) is 4.17. The second kappa shape index (κ2) is 8.56. The molecule has 0 fully saturated rings. The van der Waals surface area contributed by atoms with Gasteiger partial charge in [-0.2, -0.15) is 0 Å². The van der Waals surface area contributed by atoms with Gasteiger partial charge < -0.3 is 0 Å². The van der Waals surface area contributed by atoms with Gasteiger partial charge in [-0.15, -0.1) is 0 Å². The minimum absolute atomic E-state index is 1.22. The van der Waals surface area contributed by atoms with E-state index in [1.54, 1.807) is 0 Å². The first kappa shape index (κ1) is 18.7. The molecule has 28 heavy (non-hydrogen) atoms. The van der Waals surface area contributed by atoms with Crippen molar-refractivity contribution in [1.82, 2.24) is 0 Å². The Morgan fingerprint density at radius 3 is 1.14 bits per heavy atom. The molecule has 0 aliphatic rings. The van der Waals surface area contributed by atoms with E-state index < -0.39 is 21.2 Å². The third-order valence-corrected chi connectivity index (χ3v) is 23.9. The normalized spacial score (nSPS) is 10.9. The first-order chi connectivity index (χ1) is 13.9. The summed E-state index contributed by atoms with van der Waals surface area (Å²) in [5.74, 6) is 0. The predicted molar refractivity (Wildman–Crippen MR) is 123 cm³/mol. The SMILES string of the molecule is C=C=[C](c1ccccc1)[Pb]([c]1ccccc1)([c]1ccccc1)[c]1ccccc1. The fourth-order valence-electron chi connectivity index (χ4n) is 4.05. The summed E-state index contributed by atoms with van der Waals surface area (Å²) in [6, 6.07) is 43.6. The van der Waals surface area contributed by atoms with Crippen LogP contribution in [-0.2, 0) is 0 Å². The zero-order valence-corrected chi connectivity index (χ0v) is 19.6. The van der Waals surface area contributed by atoms with Gasteiger partial charge >= 0.3 is 173 Å². The summed E-state index contributed by atoms with van der Waals surface area (Å²) in [5.41, 5.74) is 4.64. The molecular formula is C27H22Pb. The second-order valence-corrected chi connectivity index (χ2v) is 21.3. The molecule has 0 aromatic heterocycles. The molecule has 0 bridgehead atoms. The van der Waals surface area contributed by atoms with Crippen LogP contribution in [0.2, 0.25) is 0 Å². The summed E-state index contributed by atoms with van der Waals surface area (Å²) in [5, 5.41) is 0. The van der Waals surface area contributed by atoms with Gasteiger partial charge in [-0.1, -0.05) is 0 Å². The molecule has 0 spiro atoms. The van der Waals surface area contributed by atoms with Crippen molar-refractivity contribution in [3.05, 3.63) is 139 Å². The third kappa shape index (κ3) is 3.30. The fraction of sp³-hybridized carbons (Fsp3) is 0. The summed E-state index contributed by atoms with van der Waals surface area (Å²) in [7, 11) is 0. The molecule has 0 amide bonds. The Hall–Kier alpha value is -2.68. The van der Waals surface area contributed by atoms with E-state index in [0.717, 1.165) is 0 Å². The van der Waals surface area contributed by atoms with Gasteiger partial charge in [0.1, 0.15) is 0 Å². The van der Waals surface area contributed by atoms with Gasteiger partial charge in [-0.25, -0.2) is 0 Å². The fourth-order valence-corrected chi connectivity index (χ4v) is 22.7. The summed E-state index contributed by atoms with van der Waals surface area (Å²) >= 11 is -3.78. The average molecular weight is 554 g/mol. The van der Waals surface area contributed by atoms with Crippen molar-refractivity contribution in [3.8, 4) is 0 Å². The summed E-state index contributed by atoms with van der Waals surface area (Å²) < 4.78 is 5.53. The van der Waals surface area contributed by atoms with E-state index in [9.17, 15) is 0 Å². The molecule has 0 aliphatic carbocycles. The molecular weight excluding hydrogens is 531 g/mol. The minimum atomic E-state index is -3.78. The number of hydrogen-bond acceptors (Lipinski definition) is 0. The Morgan fingerprint density at radius 1 is 0.500 bits per heavy atom. The molecule has 4 aromatic carbocycles. The van der Waals surface area contributed by atoms with E-state index in [1.165, 1.54) is 18.1 Å². The number of rotatable bonds is 5. The van der Waals surface area contributed by atoms with Gasteiger partial charge in [0, 0.05) is 0 Å². The van der Waals surface area contributed by atoms with Crippen molar-refractivity contribution in [2.24, 2.45) is 0 Å². The number of hydrogen-bond donors (Lipinski definition) is 0. The van der Waals surface area contributed by atoms with Crippen molar-refractivity contribution in [2.45, 2.75) is 0 Å². The van der Waals surface area contributed by atoms with Gasteiger partial charge in [0.15, 0.2) is 0 Å². The van der Waals surface area contributed by atoms with Crippen LogP contribution in [0.3, 0.4) is 0 Å². The van der Waals surface area contributed by atoms with E-state index in [0.29, 0.717) is 0 Å². The van der Waals surface area contributed by atoms with E-state index in [4.69, 9.17) is 0 Å². The zero-order valence-electron chi connectivity index (χ0n) is 15.8. The Morgan fingerprint density at radius 2 is 0.821 bits per heavy atom. The van der Waals surface area contributed by atoms with Gasteiger partial charge in [0.25, 0.3) is 0 Å². The van der Waals surface area contributed by atoms with Gasteiger partial charge in [-0.3, -0.25) is 0 Å². The van der Waals surface area contributed by atoms with Crippen LogP contribution in [0.5, 0.6) is 0 Å². The van der Waals surface area contributed by atoms with Crippen LogP contribution < -0.4 is 9.37 Å². The van der Waals surface area contributed by atoms with Crippen molar-refractivity contribution in [1.29, 1.82) is 0 Å². The summed E-state index contributed by atoms with van der Waals surface area (Å²) in [4.78, 5) is 0. The quantitative estimate of drug-likeness (QED) is 0.251. The van der Waals surface area contributed by atoms with Crippen LogP contribution in [0.15, 0.2) is 134 Å². The van der Waals surface area contributed by atoms with E-state index in [2.05, 4.69) is 134 Å². The first-order valence-corrected chi connectivity index (χ1v) is 17.3. The van der Waals surface area contributed by atoms with E-state index >= 15 is 0 Å². The number of benzene rings is 4. The molecule has 0 atom stereocenters. The van der Waals surface area contributed by atoms with Gasteiger partial charge in [0.05, 0.1) is 0 Å². The molecule has 134 valence electrons. The van der Waals surface area contributed by atoms with Crippen LogP contribution in [0, 0.1) is 0 Å². The van der Waals surface area contributed by atoms with Crippen LogP contribution in [0.1, 0.15) is 5.56 Å². The molecule has 0 nitrogen and oxygen atoms in total. The Bertz CT molecular complexity index is 981. The molecule has 0 radical (unpaired) electrons. The van der Waals surface area contributed by atoms with Crippen molar-refractivity contribution >= 4 is 33.7 Å². The summed E-state index contributed by atoms with van der Waals surface area (Å²) in [6.07, 6.45) is 0. The van der Waals surface area contributed by atoms with Gasteiger partial charge in [-0.05, 0) is 0 Å². The molecule has 0 saturated heterocycles. The van der Waals surface area contributed by atoms with Crippen LogP contribution in [0.25, 0.3) is 3.13 Å². The van der Waals surface area contributed by atoms with Crippen molar-refractivity contribution < 1.29 is 0 Å². The Balaban J connectivity index is 2.15. The average Bonchev–Trinajstić information content (AvgIpc) is 2.80. The monoisotopic (exact) mass is 554 g/mol. The van der Waals surface area contributed by atoms with E-state index in [1.807, 2.05) is 0 Å². The maximum atomic E-state index is 4.17. The van der Waals surface area contributed by atoms with Crippen molar-refractivity contribution in [3.63, 3.8) is 0 Å². The van der Waals surface area contributed by atoms with E-state index in [-0.39, 0.29) is 0 Å². The molecule has 1 heteroatoms. The van der Waals surface area contributed by atoms with Crippen LogP contribution in [-0.4, -0.2) is 21.2 Å². The Kier molecular flexibility index (Phi) is 5.71. The van der Waals surface area contributed by atoms with Crippen LogP contribution >= 0.6 is 0 Å². The molecule has 0 N–H and O–H groups in total. The topological polar surface area (TPSA) is 0 Å². The maximum absolute atomic E-state index is 4.17. The standard InChI is InChI=1S/C9H7.3C6H5.Pb/c1-2-6-9-7-4-3-5-8-9;3*1-2-4-6-5-3-1;/h3-5,7-8H,1H2;3*1-5H;. The van der Waals surface area contributed by atoms with Gasteiger partial charge in [0.2, 0.25) is 0 Å². The Labute approximate surface area is 172 Å². The zero-order chi connectivity index (χ0) is 19.2. The van der Waals surface area contributed by atoms with Crippen molar-refractivity contribution in [2.75, 3.05) is 0 Å². The van der Waals surface area contributed by atoms with Crippen LogP contribution in [0.4, 0.5) is 0 Å². The molecule has 0 aliphatic heterocycles. The molecule has 4 rings (SSSR count). The molecule has 0 saturated carbocycles. The first-order valence-electron chi connectivity index (χ1n) is 9.50. The second-order valence-electron chi connectivity index (χ2n) is 6.77. The molecule has 0 heterocycles. The third-order valence-electron chi connectivity index (χ3n) is 5.23.